The third kappa shape index (κ3) is 6.12. The van der Waals surface area contributed by atoms with E-state index in [0.29, 0.717) is 12.1 Å². The van der Waals surface area contributed by atoms with Gasteiger partial charge in [0.15, 0.2) is 0 Å². The summed E-state index contributed by atoms with van der Waals surface area (Å²) in [5.41, 5.74) is 3.30. The van der Waals surface area contributed by atoms with Gasteiger partial charge in [-0.3, -0.25) is 9.78 Å². The van der Waals surface area contributed by atoms with Gasteiger partial charge in [-0.05, 0) is 65.8 Å². The molecule has 1 aliphatic heterocycles. The maximum absolute atomic E-state index is 12.7. The maximum Gasteiger partial charge on any atom is 0.417 e. The van der Waals surface area contributed by atoms with Gasteiger partial charge in [-0.2, -0.15) is 13.2 Å². The Morgan fingerprint density at radius 3 is 2.47 bits per heavy atom. The van der Waals surface area contributed by atoms with E-state index >= 15 is 0 Å². The summed E-state index contributed by atoms with van der Waals surface area (Å²) >= 11 is 0. The number of aromatic nitrogens is 1. The second kappa shape index (κ2) is 9.82. The molecule has 34 heavy (non-hydrogen) atoms. The van der Waals surface area contributed by atoms with Crippen molar-refractivity contribution in [2.75, 3.05) is 0 Å². The molecule has 1 aromatic carbocycles. The highest BCUT2D eigenvalue weighted by Gasteiger charge is 2.33. The van der Waals surface area contributed by atoms with E-state index in [4.69, 9.17) is 0 Å². The maximum atomic E-state index is 12.7. The summed E-state index contributed by atoms with van der Waals surface area (Å²) in [6, 6.07) is 10.5. The number of alkyl halides is 3. The molecule has 0 saturated heterocycles. The van der Waals surface area contributed by atoms with E-state index in [2.05, 4.69) is 43.1 Å². The SMILES string of the molecule is CC1(NC(=O)C2CCC(=CCc3cccc(Cc4ccc(C(F)(F)F)cn4)c3)CC2)N=NN=N1. The van der Waals surface area contributed by atoms with Gasteiger partial charge in [-0.25, -0.2) is 0 Å². The van der Waals surface area contributed by atoms with Gasteiger partial charge in [0.05, 0.1) is 5.56 Å². The molecule has 0 unspecified atom stereocenters. The Labute approximate surface area is 195 Å². The summed E-state index contributed by atoms with van der Waals surface area (Å²) in [6.07, 6.45) is 3.18. The molecule has 1 N–H and O–H groups in total. The first kappa shape index (κ1) is 23.7. The van der Waals surface area contributed by atoms with Gasteiger partial charge in [0.25, 0.3) is 5.79 Å². The number of benzene rings is 1. The Morgan fingerprint density at radius 1 is 1.12 bits per heavy atom. The third-order valence-electron chi connectivity index (χ3n) is 6.03. The lowest BCUT2D eigenvalue weighted by molar-refractivity contribution is -0.137. The first-order valence-corrected chi connectivity index (χ1v) is 11.1. The Hall–Kier alpha value is -3.43. The lowest BCUT2D eigenvalue weighted by Crippen LogP contribution is -2.45. The highest BCUT2D eigenvalue weighted by molar-refractivity contribution is 5.79. The van der Waals surface area contributed by atoms with Gasteiger partial charge in [0.2, 0.25) is 5.91 Å². The number of nitrogens with zero attached hydrogens (tertiary/aromatic N) is 5. The van der Waals surface area contributed by atoms with Crippen molar-refractivity contribution in [2.24, 2.45) is 26.6 Å². The largest absolute Gasteiger partial charge is 0.417 e. The van der Waals surface area contributed by atoms with Crippen LogP contribution in [0.1, 0.15) is 55.0 Å². The number of hydrogen-bond acceptors (Lipinski definition) is 6. The number of allylic oxidation sites excluding steroid dienone is 2. The summed E-state index contributed by atoms with van der Waals surface area (Å²) in [5.74, 6) is -1.25. The van der Waals surface area contributed by atoms with Gasteiger partial charge in [-0.15, -0.1) is 10.2 Å². The van der Waals surface area contributed by atoms with Crippen LogP contribution in [0, 0.1) is 5.92 Å². The Morgan fingerprint density at radius 2 is 1.82 bits per heavy atom. The monoisotopic (exact) mass is 470 g/mol. The summed E-state index contributed by atoms with van der Waals surface area (Å²) in [7, 11) is 0. The highest BCUT2D eigenvalue weighted by atomic mass is 19.4. The predicted octanol–water partition coefficient (Wildman–Crippen LogP) is 5.97. The molecule has 2 aliphatic rings. The van der Waals surface area contributed by atoms with Crippen LogP contribution in [0.15, 0.2) is 74.9 Å². The van der Waals surface area contributed by atoms with Crippen molar-refractivity contribution in [3.05, 3.63) is 76.6 Å². The molecule has 7 nitrogen and oxygen atoms in total. The van der Waals surface area contributed by atoms with Crippen molar-refractivity contribution in [1.29, 1.82) is 0 Å². The van der Waals surface area contributed by atoms with E-state index in [9.17, 15) is 18.0 Å². The molecule has 0 atom stereocenters. The van der Waals surface area contributed by atoms with Crippen molar-refractivity contribution in [3.63, 3.8) is 0 Å². The van der Waals surface area contributed by atoms with Gasteiger partial charge in [0, 0.05) is 31.2 Å². The minimum Gasteiger partial charge on any atom is -0.311 e. The van der Waals surface area contributed by atoms with E-state index < -0.39 is 17.5 Å². The molecule has 0 spiro atoms. The molecule has 1 aromatic heterocycles. The number of pyridine rings is 1. The molecule has 4 rings (SSSR count). The molecule has 0 radical (unpaired) electrons. The first-order valence-electron chi connectivity index (χ1n) is 11.1. The molecular weight excluding hydrogens is 445 g/mol. The molecular formula is C24H25F3N6O. The van der Waals surface area contributed by atoms with Crippen LogP contribution < -0.4 is 5.32 Å². The minimum absolute atomic E-state index is 0.0778. The van der Waals surface area contributed by atoms with E-state index in [1.54, 1.807) is 6.92 Å². The quantitative estimate of drug-likeness (QED) is 0.527. The molecule has 1 amide bonds. The number of nitrogens with one attached hydrogen (secondary N) is 1. The number of rotatable bonds is 6. The van der Waals surface area contributed by atoms with Crippen molar-refractivity contribution in [2.45, 2.75) is 57.4 Å². The van der Waals surface area contributed by atoms with E-state index in [1.165, 1.54) is 11.6 Å². The molecule has 0 bridgehead atoms. The second-order valence-corrected chi connectivity index (χ2v) is 8.76. The lowest BCUT2D eigenvalue weighted by Gasteiger charge is -2.25. The smallest absolute Gasteiger partial charge is 0.311 e. The fraction of sp³-hybridized carbons (Fsp3) is 0.417. The fourth-order valence-electron chi connectivity index (χ4n) is 4.11. The molecule has 2 aromatic rings. The second-order valence-electron chi connectivity index (χ2n) is 8.76. The zero-order valence-corrected chi connectivity index (χ0v) is 18.7. The predicted molar refractivity (Wildman–Crippen MR) is 118 cm³/mol. The number of carbonyl (C=O) groups is 1. The molecule has 1 aliphatic carbocycles. The van der Waals surface area contributed by atoms with Gasteiger partial charge >= 0.3 is 6.18 Å². The summed E-state index contributed by atoms with van der Waals surface area (Å²) in [4.78, 5) is 16.5. The lowest BCUT2D eigenvalue weighted by atomic mass is 9.84. The molecule has 2 heterocycles. The average Bonchev–Trinajstić information content (AvgIpc) is 3.24. The van der Waals surface area contributed by atoms with Crippen LogP contribution in [0.3, 0.4) is 0 Å². The van der Waals surface area contributed by atoms with Crippen molar-refractivity contribution < 1.29 is 18.0 Å². The van der Waals surface area contributed by atoms with Crippen LogP contribution in [-0.4, -0.2) is 16.7 Å². The number of hydrogen-bond donors (Lipinski definition) is 1. The van der Waals surface area contributed by atoms with Crippen molar-refractivity contribution in [3.8, 4) is 0 Å². The van der Waals surface area contributed by atoms with E-state index in [0.717, 1.165) is 55.5 Å². The van der Waals surface area contributed by atoms with Crippen LogP contribution in [0.2, 0.25) is 0 Å². The van der Waals surface area contributed by atoms with E-state index in [-0.39, 0.29) is 11.8 Å². The van der Waals surface area contributed by atoms with Crippen LogP contribution in [0.25, 0.3) is 0 Å². The molecule has 1 fully saturated rings. The molecule has 1 saturated carbocycles. The van der Waals surface area contributed by atoms with Crippen LogP contribution in [0.5, 0.6) is 0 Å². The Kier molecular flexibility index (Phi) is 6.85. The zero-order chi connectivity index (χ0) is 24.2. The first-order chi connectivity index (χ1) is 16.2. The average molecular weight is 470 g/mol. The fourth-order valence-corrected chi connectivity index (χ4v) is 4.11. The zero-order valence-electron chi connectivity index (χ0n) is 18.7. The minimum atomic E-state index is -4.38. The third-order valence-corrected chi connectivity index (χ3v) is 6.03. The standard InChI is InChI=1S/C24H25F3N6O/c1-23(30-32-33-31-23)29-22(34)19-9-7-16(8-10-19)5-6-17-3-2-4-18(13-17)14-21-12-11-20(15-28-21)24(25,26)27/h2-5,11-13,15,19H,6-10,14H2,1H3,(H,29,34). The van der Waals surface area contributed by atoms with Gasteiger partial charge in [0.1, 0.15) is 0 Å². The van der Waals surface area contributed by atoms with Crippen LogP contribution in [0.4, 0.5) is 13.2 Å². The molecule has 10 heteroatoms. The van der Waals surface area contributed by atoms with Gasteiger partial charge in [-0.1, -0.05) is 35.9 Å². The number of carbonyl (C=O) groups excluding carboxylic acids is 1. The van der Waals surface area contributed by atoms with Crippen LogP contribution in [-0.2, 0) is 23.8 Å². The molecule has 178 valence electrons. The Balaban J connectivity index is 1.29. The number of halogens is 3. The van der Waals surface area contributed by atoms with Gasteiger partial charge < -0.3 is 5.32 Å². The number of amides is 1. The van der Waals surface area contributed by atoms with E-state index in [1.807, 2.05) is 18.2 Å². The topological polar surface area (TPSA) is 91.4 Å². The summed E-state index contributed by atoms with van der Waals surface area (Å²) < 4.78 is 38.1. The van der Waals surface area contributed by atoms with Crippen LogP contribution >= 0.6 is 0 Å². The Bertz CT molecular complexity index is 1100. The summed E-state index contributed by atoms with van der Waals surface area (Å²) in [5, 5.41) is 17.4. The van der Waals surface area contributed by atoms with Crippen molar-refractivity contribution in [1.82, 2.24) is 10.3 Å². The normalized spacial score (nSPS) is 19.3. The summed E-state index contributed by atoms with van der Waals surface area (Å²) in [6.45, 7) is 1.65. The highest BCUT2D eigenvalue weighted by Crippen LogP contribution is 2.30. The van der Waals surface area contributed by atoms with Crippen molar-refractivity contribution >= 4 is 5.91 Å².